The van der Waals surface area contributed by atoms with Crippen molar-refractivity contribution in [1.29, 1.82) is 0 Å². The first-order valence-corrected chi connectivity index (χ1v) is 9.07. The highest BCUT2D eigenvalue weighted by molar-refractivity contribution is 7.13. The smallest absolute Gasteiger partial charge is 0.243 e. The quantitative estimate of drug-likeness (QED) is 0.801. The molecule has 1 aliphatic rings. The largest absolute Gasteiger partial charge is 0.373 e. The van der Waals surface area contributed by atoms with Crippen molar-refractivity contribution >= 4 is 28.3 Å². The van der Waals surface area contributed by atoms with E-state index in [4.69, 9.17) is 10.5 Å². The molecule has 2 rings (SSSR count). The van der Waals surface area contributed by atoms with E-state index >= 15 is 0 Å². The molecule has 1 saturated heterocycles. The fourth-order valence-corrected chi connectivity index (χ4v) is 3.85. The summed E-state index contributed by atoms with van der Waals surface area (Å²) in [5.74, 6) is -0.353. The second-order valence-corrected chi connectivity index (χ2v) is 7.53. The summed E-state index contributed by atoms with van der Waals surface area (Å²) in [6.07, 6.45) is 0.285. The number of ether oxygens (including phenoxy) is 1. The molecule has 0 aliphatic carbocycles. The summed E-state index contributed by atoms with van der Waals surface area (Å²) in [6.45, 7) is 9.57. The van der Waals surface area contributed by atoms with Crippen LogP contribution in [-0.2, 0) is 20.7 Å². The number of morpholine rings is 1. The van der Waals surface area contributed by atoms with Gasteiger partial charge < -0.3 is 15.8 Å². The number of rotatable bonds is 6. The molecule has 0 bridgehead atoms. The van der Waals surface area contributed by atoms with E-state index in [2.05, 4.69) is 15.2 Å². The van der Waals surface area contributed by atoms with E-state index in [1.165, 1.54) is 11.3 Å². The second-order valence-electron chi connectivity index (χ2n) is 6.68. The minimum Gasteiger partial charge on any atom is -0.373 e. The van der Waals surface area contributed by atoms with Crippen molar-refractivity contribution in [3.63, 3.8) is 0 Å². The Hall–Kier alpha value is -1.51. The van der Waals surface area contributed by atoms with Crippen LogP contribution in [0.3, 0.4) is 0 Å². The number of nitrogens with one attached hydrogen (secondary N) is 1. The predicted octanol–water partition coefficient (Wildman–Crippen LogP) is 1.24. The molecular formula is C16H26N4O3S. The Morgan fingerprint density at radius 3 is 2.58 bits per heavy atom. The first-order valence-electron chi connectivity index (χ1n) is 8.19. The number of hydrogen-bond acceptors (Lipinski definition) is 6. The molecule has 1 aromatic rings. The Balaban J connectivity index is 2.06. The number of nitrogens with zero attached hydrogens (tertiary/aromatic N) is 2. The van der Waals surface area contributed by atoms with Crippen molar-refractivity contribution in [1.82, 2.24) is 9.88 Å². The van der Waals surface area contributed by atoms with Crippen LogP contribution in [0.25, 0.3) is 0 Å². The van der Waals surface area contributed by atoms with Crippen molar-refractivity contribution in [3.05, 3.63) is 11.1 Å². The molecule has 1 aliphatic heterocycles. The molecule has 8 heteroatoms. The number of amides is 2. The summed E-state index contributed by atoms with van der Waals surface area (Å²) in [4.78, 5) is 30.2. The summed E-state index contributed by atoms with van der Waals surface area (Å²) < 4.78 is 5.76. The Morgan fingerprint density at radius 1 is 1.42 bits per heavy atom. The Bertz CT molecular complexity index is 580. The fourth-order valence-electron chi connectivity index (χ4n) is 3.14. The molecule has 0 radical (unpaired) electrons. The zero-order valence-electron chi connectivity index (χ0n) is 14.6. The summed E-state index contributed by atoms with van der Waals surface area (Å²) in [6, 6.07) is -0.248. The van der Waals surface area contributed by atoms with E-state index in [0.29, 0.717) is 10.8 Å². The number of aromatic nitrogens is 1. The van der Waals surface area contributed by atoms with Gasteiger partial charge in [0.2, 0.25) is 11.8 Å². The zero-order valence-corrected chi connectivity index (χ0v) is 15.4. The molecule has 0 spiro atoms. The molecule has 2 heterocycles. The van der Waals surface area contributed by atoms with E-state index < -0.39 is 5.91 Å². The molecule has 1 fully saturated rings. The highest BCUT2D eigenvalue weighted by Gasteiger charge is 2.34. The summed E-state index contributed by atoms with van der Waals surface area (Å²) in [5.41, 5.74) is 5.75. The van der Waals surface area contributed by atoms with E-state index in [9.17, 15) is 9.59 Å². The molecule has 1 aromatic heterocycles. The average Bonchev–Trinajstić information content (AvgIpc) is 2.83. The Morgan fingerprint density at radius 2 is 2.04 bits per heavy atom. The highest BCUT2D eigenvalue weighted by atomic mass is 32.1. The number of primary amides is 1. The van der Waals surface area contributed by atoms with Gasteiger partial charge in [0.15, 0.2) is 5.13 Å². The first-order chi connectivity index (χ1) is 11.3. The lowest BCUT2D eigenvalue weighted by Crippen LogP contribution is -2.55. The molecular weight excluding hydrogens is 328 g/mol. The normalized spacial score (nSPS) is 23.2. The molecule has 0 saturated carbocycles. The monoisotopic (exact) mass is 354 g/mol. The van der Waals surface area contributed by atoms with Crippen LogP contribution in [0.1, 0.15) is 33.4 Å². The predicted molar refractivity (Wildman–Crippen MR) is 93.9 cm³/mol. The van der Waals surface area contributed by atoms with Gasteiger partial charge in [0.1, 0.15) is 0 Å². The van der Waals surface area contributed by atoms with Crippen LogP contribution in [-0.4, -0.2) is 53.0 Å². The molecule has 3 unspecified atom stereocenters. The zero-order chi connectivity index (χ0) is 17.9. The van der Waals surface area contributed by atoms with Crippen LogP contribution in [0.15, 0.2) is 5.38 Å². The Kier molecular flexibility index (Phi) is 6.31. The number of thiazole rings is 1. The van der Waals surface area contributed by atoms with Crippen molar-refractivity contribution in [3.8, 4) is 0 Å². The van der Waals surface area contributed by atoms with Crippen molar-refractivity contribution in [2.45, 2.75) is 52.4 Å². The van der Waals surface area contributed by atoms with Gasteiger partial charge in [-0.1, -0.05) is 13.8 Å². The van der Waals surface area contributed by atoms with Gasteiger partial charge in [-0.3, -0.25) is 14.5 Å². The lowest BCUT2D eigenvalue weighted by molar-refractivity contribution is -0.130. The number of hydrogen-bond donors (Lipinski definition) is 2. The minimum absolute atomic E-state index is 0.0775. The molecule has 7 nitrogen and oxygen atoms in total. The van der Waals surface area contributed by atoms with Crippen molar-refractivity contribution in [2.24, 2.45) is 11.7 Å². The lowest BCUT2D eigenvalue weighted by atomic mass is 10.00. The van der Waals surface area contributed by atoms with Crippen LogP contribution in [0.2, 0.25) is 0 Å². The molecule has 0 aromatic carbocycles. The summed E-state index contributed by atoms with van der Waals surface area (Å²) in [7, 11) is 0. The van der Waals surface area contributed by atoms with Gasteiger partial charge in [0, 0.05) is 18.5 Å². The number of carbonyl (C=O) groups is 2. The number of anilines is 1. The topological polar surface area (TPSA) is 97.5 Å². The number of carbonyl (C=O) groups excluding carboxylic acids is 2. The maximum absolute atomic E-state index is 12.8. The highest BCUT2D eigenvalue weighted by Crippen LogP contribution is 2.21. The molecule has 2 amide bonds. The third kappa shape index (κ3) is 4.99. The van der Waals surface area contributed by atoms with Gasteiger partial charge in [-0.2, -0.15) is 0 Å². The maximum Gasteiger partial charge on any atom is 0.243 e. The first kappa shape index (κ1) is 18.8. The van der Waals surface area contributed by atoms with Gasteiger partial charge in [-0.25, -0.2) is 4.98 Å². The fraction of sp³-hybridized carbons (Fsp3) is 0.688. The van der Waals surface area contributed by atoms with E-state index in [1.807, 2.05) is 27.7 Å². The lowest BCUT2D eigenvalue weighted by Gasteiger charge is -2.40. The van der Waals surface area contributed by atoms with Gasteiger partial charge >= 0.3 is 0 Å². The van der Waals surface area contributed by atoms with Gasteiger partial charge in [0.25, 0.3) is 0 Å². The van der Waals surface area contributed by atoms with Crippen LogP contribution < -0.4 is 11.1 Å². The van der Waals surface area contributed by atoms with E-state index in [-0.39, 0.29) is 36.5 Å². The van der Waals surface area contributed by atoms with Crippen molar-refractivity contribution < 1.29 is 14.3 Å². The molecule has 134 valence electrons. The van der Waals surface area contributed by atoms with Crippen LogP contribution in [0.4, 0.5) is 5.13 Å². The van der Waals surface area contributed by atoms with Gasteiger partial charge in [0.05, 0.1) is 30.4 Å². The van der Waals surface area contributed by atoms with Crippen LogP contribution >= 0.6 is 11.3 Å². The molecule has 24 heavy (non-hydrogen) atoms. The molecule has 3 atom stereocenters. The summed E-state index contributed by atoms with van der Waals surface area (Å²) >= 11 is 1.30. The maximum atomic E-state index is 12.8. The summed E-state index contributed by atoms with van der Waals surface area (Å²) in [5, 5.41) is 5.11. The van der Waals surface area contributed by atoms with Gasteiger partial charge in [-0.05, 0) is 19.8 Å². The SMILES string of the molecule is CC1CN(C(C(=O)Nc2nc(CC(N)=O)cs2)C(C)C)CC(C)O1. The second kappa shape index (κ2) is 8.04. The third-order valence-electron chi connectivity index (χ3n) is 3.88. The van der Waals surface area contributed by atoms with E-state index in [1.54, 1.807) is 5.38 Å². The third-order valence-corrected chi connectivity index (χ3v) is 4.69. The minimum atomic E-state index is -0.436. The van der Waals surface area contributed by atoms with Gasteiger partial charge in [-0.15, -0.1) is 11.3 Å². The van der Waals surface area contributed by atoms with E-state index in [0.717, 1.165) is 13.1 Å². The number of nitrogens with two attached hydrogens (primary N) is 1. The Labute approximate surface area is 146 Å². The van der Waals surface area contributed by atoms with Crippen LogP contribution in [0.5, 0.6) is 0 Å². The molecule has 3 N–H and O–H groups in total. The standard InChI is InChI=1S/C16H26N4O3S/c1-9(2)14(20-6-10(3)23-11(4)7-20)15(22)19-16-18-12(8-24-16)5-13(17)21/h8-11,14H,5-7H2,1-4H3,(H2,17,21)(H,18,19,22). The average molecular weight is 354 g/mol. The van der Waals surface area contributed by atoms with Crippen LogP contribution in [0, 0.1) is 5.92 Å². The van der Waals surface area contributed by atoms with Crippen molar-refractivity contribution in [2.75, 3.05) is 18.4 Å².